The molecule has 1 rings (SSSR count). The molecule has 13 heavy (non-hydrogen) atoms. The van der Waals surface area contributed by atoms with E-state index in [0.29, 0.717) is 0 Å². The van der Waals surface area contributed by atoms with Crippen LogP contribution in [0, 0.1) is 6.92 Å². The van der Waals surface area contributed by atoms with Crippen LogP contribution in [0.2, 0.25) is 0 Å². The highest BCUT2D eigenvalue weighted by Crippen LogP contribution is 2.18. The molecule has 0 saturated heterocycles. The van der Waals surface area contributed by atoms with E-state index in [1.54, 1.807) is 19.5 Å². The van der Waals surface area contributed by atoms with E-state index in [2.05, 4.69) is 4.98 Å². The van der Waals surface area contributed by atoms with Gasteiger partial charge in [-0.15, -0.1) is 0 Å². The first kappa shape index (κ1) is 10.2. The Kier molecular flexibility index (Phi) is 3.39. The molecule has 0 aliphatic heterocycles. The van der Waals surface area contributed by atoms with Crippen LogP contribution >= 0.6 is 0 Å². The third kappa shape index (κ3) is 2.50. The maximum absolute atomic E-state index is 9.75. The van der Waals surface area contributed by atoms with Gasteiger partial charge in [-0.25, -0.2) is 0 Å². The number of aliphatic hydroxyl groups excluding tert-OH is 1. The Balaban J connectivity index is 2.82. The molecule has 0 saturated carbocycles. The molecular weight excluding hydrogens is 166 g/mol. The second-order valence-corrected chi connectivity index (χ2v) is 3.18. The van der Waals surface area contributed by atoms with Crippen molar-refractivity contribution in [2.24, 2.45) is 0 Å². The van der Waals surface area contributed by atoms with E-state index < -0.39 is 6.10 Å². The van der Waals surface area contributed by atoms with Gasteiger partial charge in [0.25, 0.3) is 0 Å². The highest BCUT2D eigenvalue weighted by Gasteiger charge is 2.15. The molecule has 3 nitrogen and oxygen atoms in total. The van der Waals surface area contributed by atoms with Crippen LogP contribution in [0.5, 0.6) is 0 Å². The molecular formula is C10H15NO2. The Bertz CT molecular complexity index is 275. The average molecular weight is 181 g/mol. The zero-order valence-electron chi connectivity index (χ0n) is 8.19. The Morgan fingerprint density at radius 3 is 2.69 bits per heavy atom. The summed E-state index contributed by atoms with van der Waals surface area (Å²) in [5, 5.41) is 9.75. The summed E-state index contributed by atoms with van der Waals surface area (Å²) < 4.78 is 5.03. The number of rotatable bonds is 3. The number of nitrogens with zero attached hydrogens (tertiary/aromatic N) is 1. The summed E-state index contributed by atoms with van der Waals surface area (Å²) in [4.78, 5) is 4.01. The lowest BCUT2D eigenvalue weighted by Crippen LogP contribution is -2.17. The minimum atomic E-state index is -0.600. The Labute approximate surface area is 78.4 Å². The molecule has 1 N–H and O–H groups in total. The highest BCUT2D eigenvalue weighted by molar-refractivity contribution is 5.19. The number of hydrogen-bond donors (Lipinski definition) is 1. The van der Waals surface area contributed by atoms with E-state index in [0.717, 1.165) is 11.1 Å². The van der Waals surface area contributed by atoms with Crippen LogP contribution in [-0.4, -0.2) is 23.3 Å². The van der Waals surface area contributed by atoms with Gasteiger partial charge in [-0.05, 0) is 19.4 Å². The van der Waals surface area contributed by atoms with Crippen molar-refractivity contribution in [2.75, 3.05) is 7.11 Å². The fourth-order valence-electron chi connectivity index (χ4n) is 1.14. The Morgan fingerprint density at radius 2 is 2.15 bits per heavy atom. The molecule has 0 fully saturated rings. The van der Waals surface area contributed by atoms with Crippen molar-refractivity contribution in [3.05, 3.63) is 29.6 Å². The van der Waals surface area contributed by atoms with Gasteiger partial charge >= 0.3 is 0 Å². The van der Waals surface area contributed by atoms with Gasteiger partial charge in [0.05, 0.1) is 6.10 Å². The van der Waals surface area contributed by atoms with Crippen molar-refractivity contribution in [3.63, 3.8) is 0 Å². The van der Waals surface area contributed by atoms with E-state index in [4.69, 9.17) is 4.74 Å². The first-order chi connectivity index (χ1) is 6.15. The molecule has 0 radical (unpaired) electrons. The summed E-state index contributed by atoms with van der Waals surface area (Å²) in [7, 11) is 1.58. The highest BCUT2D eigenvalue weighted by atomic mass is 16.5. The molecule has 1 heterocycles. The Hall–Kier alpha value is -0.930. The topological polar surface area (TPSA) is 42.4 Å². The number of aliphatic hydroxyl groups is 1. The Morgan fingerprint density at radius 1 is 1.46 bits per heavy atom. The van der Waals surface area contributed by atoms with E-state index in [-0.39, 0.29) is 6.10 Å². The van der Waals surface area contributed by atoms with E-state index in [1.165, 1.54) is 0 Å². The first-order valence-corrected chi connectivity index (χ1v) is 4.27. The number of hydrogen-bond acceptors (Lipinski definition) is 3. The van der Waals surface area contributed by atoms with E-state index in [9.17, 15) is 5.11 Å². The maximum Gasteiger partial charge on any atom is 0.106 e. The third-order valence-electron chi connectivity index (χ3n) is 2.05. The number of methoxy groups -OCH3 is 1. The van der Waals surface area contributed by atoms with Gasteiger partial charge < -0.3 is 9.84 Å². The maximum atomic E-state index is 9.75. The molecule has 0 aliphatic rings. The molecule has 3 heteroatoms. The summed E-state index contributed by atoms with van der Waals surface area (Å²) >= 11 is 0. The van der Waals surface area contributed by atoms with Crippen LogP contribution in [0.25, 0.3) is 0 Å². The van der Waals surface area contributed by atoms with Gasteiger partial charge in [0.1, 0.15) is 6.10 Å². The number of aromatic nitrogens is 1. The molecule has 2 unspecified atom stereocenters. The van der Waals surface area contributed by atoms with Gasteiger partial charge in [-0.3, -0.25) is 4.98 Å². The zero-order valence-corrected chi connectivity index (χ0v) is 8.19. The summed E-state index contributed by atoms with van der Waals surface area (Å²) in [5.74, 6) is 0. The van der Waals surface area contributed by atoms with Gasteiger partial charge in [0.15, 0.2) is 0 Å². The lowest BCUT2D eigenvalue weighted by Gasteiger charge is -2.17. The number of ether oxygens (including phenoxy) is 1. The quantitative estimate of drug-likeness (QED) is 0.767. The smallest absolute Gasteiger partial charge is 0.106 e. The standard InChI is InChI=1S/C10H15NO2/c1-7-4-9(6-11-5-7)10(12)8(2)13-3/h4-6,8,10,12H,1-3H3. The van der Waals surface area contributed by atoms with Gasteiger partial charge in [-0.1, -0.05) is 6.07 Å². The molecule has 0 aromatic carbocycles. The number of aryl methyl sites for hydroxylation is 1. The van der Waals surface area contributed by atoms with Crippen LogP contribution in [0.3, 0.4) is 0 Å². The number of pyridine rings is 1. The normalized spacial score (nSPS) is 15.4. The molecule has 0 spiro atoms. The van der Waals surface area contributed by atoms with Gasteiger partial charge in [-0.2, -0.15) is 0 Å². The molecule has 0 aliphatic carbocycles. The zero-order chi connectivity index (χ0) is 9.84. The van der Waals surface area contributed by atoms with Crippen molar-refractivity contribution in [1.29, 1.82) is 0 Å². The summed E-state index contributed by atoms with van der Waals surface area (Å²) in [6.45, 7) is 3.77. The fourth-order valence-corrected chi connectivity index (χ4v) is 1.14. The van der Waals surface area contributed by atoms with Gasteiger partial charge in [0.2, 0.25) is 0 Å². The van der Waals surface area contributed by atoms with Crippen molar-refractivity contribution in [2.45, 2.75) is 26.1 Å². The van der Waals surface area contributed by atoms with Crippen molar-refractivity contribution in [3.8, 4) is 0 Å². The molecule has 1 aromatic rings. The minimum Gasteiger partial charge on any atom is -0.386 e. The molecule has 0 bridgehead atoms. The van der Waals surface area contributed by atoms with Crippen LogP contribution in [0.1, 0.15) is 24.2 Å². The minimum absolute atomic E-state index is 0.205. The molecule has 72 valence electrons. The lowest BCUT2D eigenvalue weighted by molar-refractivity contribution is -0.00161. The van der Waals surface area contributed by atoms with Crippen LogP contribution in [0.15, 0.2) is 18.5 Å². The second-order valence-electron chi connectivity index (χ2n) is 3.18. The second kappa shape index (κ2) is 4.35. The van der Waals surface area contributed by atoms with Crippen LogP contribution in [0.4, 0.5) is 0 Å². The monoisotopic (exact) mass is 181 g/mol. The predicted octanol–water partition coefficient (Wildman–Crippen LogP) is 1.46. The SMILES string of the molecule is COC(C)C(O)c1cncc(C)c1. The third-order valence-corrected chi connectivity index (χ3v) is 2.05. The fraction of sp³-hybridized carbons (Fsp3) is 0.500. The first-order valence-electron chi connectivity index (χ1n) is 4.27. The average Bonchev–Trinajstić information content (AvgIpc) is 2.15. The predicted molar refractivity (Wildman–Crippen MR) is 50.4 cm³/mol. The summed E-state index contributed by atoms with van der Waals surface area (Å²) in [5.41, 5.74) is 1.84. The van der Waals surface area contributed by atoms with Crippen LogP contribution < -0.4 is 0 Å². The molecule has 2 atom stereocenters. The molecule has 1 aromatic heterocycles. The van der Waals surface area contributed by atoms with Gasteiger partial charge in [0, 0.05) is 25.1 Å². The van der Waals surface area contributed by atoms with E-state index in [1.807, 2.05) is 19.9 Å². The van der Waals surface area contributed by atoms with Crippen molar-refractivity contribution in [1.82, 2.24) is 4.98 Å². The van der Waals surface area contributed by atoms with Crippen molar-refractivity contribution >= 4 is 0 Å². The van der Waals surface area contributed by atoms with Crippen LogP contribution in [-0.2, 0) is 4.74 Å². The summed E-state index contributed by atoms with van der Waals surface area (Å²) in [6.07, 6.45) is 2.61. The van der Waals surface area contributed by atoms with E-state index >= 15 is 0 Å². The largest absolute Gasteiger partial charge is 0.386 e. The summed E-state index contributed by atoms with van der Waals surface area (Å²) in [6, 6.07) is 1.91. The lowest BCUT2D eigenvalue weighted by atomic mass is 10.1. The molecule has 0 amide bonds. The van der Waals surface area contributed by atoms with Crippen molar-refractivity contribution < 1.29 is 9.84 Å².